The van der Waals surface area contributed by atoms with E-state index in [1.54, 1.807) is 0 Å². The molecule has 0 radical (unpaired) electrons. The highest BCUT2D eigenvalue weighted by atomic mass is 15.3. The van der Waals surface area contributed by atoms with E-state index in [2.05, 4.69) is 35.3 Å². The second kappa shape index (κ2) is 9.01. The number of nitrogens with one attached hydrogen (secondary N) is 2. The first-order valence-corrected chi connectivity index (χ1v) is 9.44. The van der Waals surface area contributed by atoms with E-state index in [9.17, 15) is 0 Å². The minimum absolute atomic E-state index is 0.679. The molecule has 7 heteroatoms. The minimum atomic E-state index is 0.679. The van der Waals surface area contributed by atoms with Gasteiger partial charge in [-0.2, -0.15) is 0 Å². The fourth-order valence-corrected chi connectivity index (χ4v) is 3.59. The fraction of sp³-hybridized carbons (Fsp3) is 0.824. The van der Waals surface area contributed by atoms with Crippen molar-refractivity contribution in [1.82, 2.24) is 30.3 Å². The first kappa shape index (κ1) is 17.2. The standard InChI is InChI=1S/C17H31N7/c1-18-17(19-9-7-12-23-10-4-2-3-5-11-23)20-14-16-22-21-15-8-6-13-24(15)16/h2-14H2,1H3,(H2,18,19,20). The third kappa shape index (κ3) is 4.69. The average molecular weight is 333 g/mol. The summed E-state index contributed by atoms with van der Waals surface area (Å²) in [5.41, 5.74) is 0. The van der Waals surface area contributed by atoms with Gasteiger partial charge in [-0.05, 0) is 45.3 Å². The molecule has 0 unspecified atom stereocenters. The first-order chi connectivity index (χ1) is 11.9. The van der Waals surface area contributed by atoms with E-state index in [0.717, 1.165) is 43.5 Å². The third-order valence-electron chi connectivity index (χ3n) is 4.97. The molecule has 3 rings (SSSR count). The molecule has 1 fully saturated rings. The van der Waals surface area contributed by atoms with Crippen LogP contribution in [0, 0.1) is 0 Å². The zero-order chi connectivity index (χ0) is 16.6. The summed E-state index contributed by atoms with van der Waals surface area (Å²) >= 11 is 0. The third-order valence-corrected chi connectivity index (χ3v) is 4.97. The summed E-state index contributed by atoms with van der Waals surface area (Å²) in [4.78, 5) is 6.91. The first-order valence-electron chi connectivity index (χ1n) is 9.44. The van der Waals surface area contributed by atoms with Crippen molar-refractivity contribution < 1.29 is 0 Å². The molecule has 0 atom stereocenters. The van der Waals surface area contributed by atoms with Crippen molar-refractivity contribution in [3.63, 3.8) is 0 Å². The number of rotatable bonds is 6. The lowest BCUT2D eigenvalue weighted by Crippen LogP contribution is -2.39. The molecule has 2 aliphatic rings. The van der Waals surface area contributed by atoms with E-state index < -0.39 is 0 Å². The number of guanidine groups is 1. The normalized spacial score (nSPS) is 19.1. The molecule has 7 nitrogen and oxygen atoms in total. The Kier molecular flexibility index (Phi) is 6.46. The van der Waals surface area contributed by atoms with Gasteiger partial charge in [0.25, 0.3) is 0 Å². The van der Waals surface area contributed by atoms with Crippen molar-refractivity contribution in [2.75, 3.05) is 33.2 Å². The Balaban J connectivity index is 1.34. The summed E-state index contributed by atoms with van der Waals surface area (Å²) < 4.78 is 2.22. The number of fused-ring (bicyclic) bond motifs is 1. The quantitative estimate of drug-likeness (QED) is 0.464. The number of aliphatic imine (C=N–C) groups is 1. The molecule has 0 amide bonds. The molecular formula is C17H31N7. The molecule has 1 saturated heterocycles. The van der Waals surface area contributed by atoms with Gasteiger partial charge in [0, 0.05) is 26.6 Å². The summed E-state index contributed by atoms with van der Waals surface area (Å²) in [7, 11) is 1.82. The molecule has 0 aliphatic carbocycles. The van der Waals surface area contributed by atoms with Crippen LogP contribution >= 0.6 is 0 Å². The lowest BCUT2D eigenvalue weighted by Gasteiger charge is -2.20. The summed E-state index contributed by atoms with van der Waals surface area (Å²) in [5.74, 6) is 2.98. The Hall–Kier alpha value is -1.63. The van der Waals surface area contributed by atoms with Gasteiger partial charge in [0.2, 0.25) is 0 Å². The van der Waals surface area contributed by atoms with Gasteiger partial charge in [0.1, 0.15) is 5.82 Å². The van der Waals surface area contributed by atoms with Gasteiger partial charge in [-0.25, -0.2) is 0 Å². The van der Waals surface area contributed by atoms with Crippen LogP contribution in [0.15, 0.2) is 4.99 Å². The van der Waals surface area contributed by atoms with E-state index in [1.165, 1.54) is 51.7 Å². The highest BCUT2D eigenvalue weighted by Crippen LogP contribution is 2.13. The highest BCUT2D eigenvalue weighted by molar-refractivity contribution is 5.79. The lowest BCUT2D eigenvalue weighted by atomic mass is 10.2. The van der Waals surface area contributed by atoms with Crippen LogP contribution in [-0.2, 0) is 19.5 Å². The molecular weight excluding hydrogens is 302 g/mol. The molecule has 1 aromatic rings. The Morgan fingerprint density at radius 1 is 1.04 bits per heavy atom. The molecule has 0 spiro atoms. The van der Waals surface area contributed by atoms with E-state index in [1.807, 2.05) is 7.05 Å². The van der Waals surface area contributed by atoms with Crippen LogP contribution < -0.4 is 10.6 Å². The van der Waals surface area contributed by atoms with Crippen LogP contribution in [0.25, 0.3) is 0 Å². The predicted molar refractivity (Wildman–Crippen MR) is 96.1 cm³/mol. The molecule has 0 saturated carbocycles. The zero-order valence-corrected chi connectivity index (χ0v) is 14.9. The maximum atomic E-state index is 4.30. The Morgan fingerprint density at radius 2 is 1.88 bits per heavy atom. The molecule has 3 heterocycles. The number of likely N-dealkylation sites (tertiary alicyclic amines) is 1. The van der Waals surface area contributed by atoms with Crippen molar-refractivity contribution in [2.24, 2.45) is 4.99 Å². The van der Waals surface area contributed by atoms with Crippen LogP contribution in [-0.4, -0.2) is 58.9 Å². The van der Waals surface area contributed by atoms with E-state index >= 15 is 0 Å². The summed E-state index contributed by atoms with van der Waals surface area (Å²) in [6.45, 7) is 6.39. The highest BCUT2D eigenvalue weighted by Gasteiger charge is 2.17. The zero-order valence-electron chi connectivity index (χ0n) is 14.9. The number of aryl methyl sites for hydroxylation is 1. The summed E-state index contributed by atoms with van der Waals surface area (Å²) in [6.07, 6.45) is 8.91. The molecule has 2 aliphatic heterocycles. The van der Waals surface area contributed by atoms with Crippen molar-refractivity contribution >= 4 is 5.96 Å². The van der Waals surface area contributed by atoms with Crippen LogP contribution in [0.1, 0.15) is 50.2 Å². The maximum absolute atomic E-state index is 4.30. The van der Waals surface area contributed by atoms with Crippen LogP contribution in [0.3, 0.4) is 0 Å². The summed E-state index contributed by atoms with van der Waals surface area (Å²) in [6, 6.07) is 0. The molecule has 134 valence electrons. The monoisotopic (exact) mass is 333 g/mol. The van der Waals surface area contributed by atoms with Crippen molar-refractivity contribution in [3.05, 3.63) is 11.6 Å². The molecule has 24 heavy (non-hydrogen) atoms. The van der Waals surface area contributed by atoms with Crippen LogP contribution in [0.2, 0.25) is 0 Å². The van der Waals surface area contributed by atoms with E-state index in [4.69, 9.17) is 0 Å². The Labute approximate surface area is 144 Å². The number of aromatic nitrogens is 3. The van der Waals surface area contributed by atoms with Crippen molar-refractivity contribution in [2.45, 2.75) is 58.0 Å². The smallest absolute Gasteiger partial charge is 0.191 e. The van der Waals surface area contributed by atoms with Crippen molar-refractivity contribution in [3.8, 4) is 0 Å². The van der Waals surface area contributed by atoms with Crippen LogP contribution in [0.5, 0.6) is 0 Å². The Morgan fingerprint density at radius 3 is 2.67 bits per heavy atom. The largest absolute Gasteiger partial charge is 0.356 e. The predicted octanol–water partition coefficient (Wildman–Crippen LogP) is 1.16. The Bertz CT molecular complexity index is 529. The second-order valence-corrected chi connectivity index (χ2v) is 6.75. The van der Waals surface area contributed by atoms with E-state index in [0.29, 0.717) is 6.54 Å². The van der Waals surface area contributed by atoms with Gasteiger partial charge >= 0.3 is 0 Å². The van der Waals surface area contributed by atoms with Crippen LogP contribution in [0.4, 0.5) is 0 Å². The molecule has 0 aromatic carbocycles. The topological polar surface area (TPSA) is 70.4 Å². The SMILES string of the molecule is CN=C(NCCCN1CCCCCC1)NCc1nnc2n1CCC2. The van der Waals surface area contributed by atoms with Gasteiger partial charge in [-0.3, -0.25) is 4.99 Å². The number of hydrogen-bond acceptors (Lipinski definition) is 4. The van der Waals surface area contributed by atoms with Gasteiger partial charge in [0.15, 0.2) is 11.8 Å². The molecule has 2 N–H and O–H groups in total. The lowest BCUT2D eigenvalue weighted by molar-refractivity contribution is 0.282. The van der Waals surface area contributed by atoms with E-state index in [-0.39, 0.29) is 0 Å². The van der Waals surface area contributed by atoms with Gasteiger partial charge in [-0.1, -0.05) is 12.8 Å². The minimum Gasteiger partial charge on any atom is -0.356 e. The van der Waals surface area contributed by atoms with Gasteiger partial charge in [-0.15, -0.1) is 10.2 Å². The number of nitrogens with zero attached hydrogens (tertiary/aromatic N) is 5. The van der Waals surface area contributed by atoms with Gasteiger partial charge < -0.3 is 20.1 Å². The fourth-order valence-electron chi connectivity index (χ4n) is 3.59. The maximum Gasteiger partial charge on any atom is 0.191 e. The second-order valence-electron chi connectivity index (χ2n) is 6.75. The van der Waals surface area contributed by atoms with Crippen molar-refractivity contribution in [1.29, 1.82) is 0 Å². The summed E-state index contributed by atoms with van der Waals surface area (Å²) in [5, 5.41) is 15.3. The average Bonchev–Trinajstić information content (AvgIpc) is 3.11. The molecule has 0 bridgehead atoms. The number of hydrogen-bond donors (Lipinski definition) is 2. The van der Waals surface area contributed by atoms with Gasteiger partial charge in [0.05, 0.1) is 6.54 Å². The molecule has 1 aromatic heterocycles.